The highest BCUT2D eigenvalue weighted by Gasteiger charge is 2.36. The third-order valence-corrected chi connectivity index (χ3v) is 5.89. The van der Waals surface area contributed by atoms with Gasteiger partial charge in [0.25, 0.3) is 0 Å². The van der Waals surface area contributed by atoms with E-state index in [9.17, 15) is 0 Å². The summed E-state index contributed by atoms with van der Waals surface area (Å²) in [7, 11) is 2.06. The molecule has 1 saturated heterocycles. The summed E-state index contributed by atoms with van der Waals surface area (Å²) in [4.78, 5) is 8.87. The van der Waals surface area contributed by atoms with Crippen molar-refractivity contribution in [2.75, 3.05) is 25.1 Å². The highest BCUT2D eigenvalue weighted by Crippen LogP contribution is 2.45. The van der Waals surface area contributed by atoms with Gasteiger partial charge in [-0.15, -0.1) is 0 Å². The molecule has 0 spiro atoms. The molecular formula is C16H27N3OS. The van der Waals surface area contributed by atoms with Crippen LogP contribution in [0.2, 0.25) is 0 Å². The summed E-state index contributed by atoms with van der Waals surface area (Å²) >= 11 is 1.88. The number of nitrogens with one attached hydrogen (secondary N) is 1. The molecular weight excluding hydrogens is 282 g/mol. The maximum absolute atomic E-state index is 5.74. The number of fused-ring (bicyclic) bond motifs is 1. The van der Waals surface area contributed by atoms with Gasteiger partial charge in [0.15, 0.2) is 5.13 Å². The SMILES string of the molecule is CNC1CC(C)(C)Cc2nc(N3CC(C)OCC3C)sc21. The lowest BCUT2D eigenvalue weighted by molar-refractivity contribution is 0.0343. The Morgan fingerprint density at radius 2 is 2.14 bits per heavy atom. The van der Waals surface area contributed by atoms with Gasteiger partial charge in [0.2, 0.25) is 0 Å². The second-order valence-electron chi connectivity index (χ2n) is 7.34. The molecule has 3 rings (SSSR count). The van der Waals surface area contributed by atoms with Gasteiger partial charge in [0.1, 0.15) is 0 Å². The predicted octanol–water partition coefficient (Wildman–Crippen LogP) is 2.99. The number of aromatic nitrogens is 1. The standard InChI is InChI=1S/C16H27N3OS/c1-10-9-20-11(2)8-19(10)15-18-13-7-16(3,4)6-12(17-5)14(13)21-15/h10-12,17H,6-9H2,1-5H3. The van der Waals surface area contributed by atoms with Crippen LogP contribution in [0.3, 0.4) is 0 Å². The Bertz CT molecular complexity index is 514. The van der Waals surface area contributed by atoms with Crippen LogP contribution in [-0.4, -0.2) is 37.3 Å². The number of hydrogen-bond acceptors (Lipinski definition) is 5. The van der Waals surface area contributed by atoms with E-state index in [4.69, 9.17) is 9.72 Å². The van der Waals surface area contributed by atoms with Crippen LogP contribution >= 0.6 is 11.3 Å². The fourth-order valence-electron chi connectivity index (χ4n) is 3.45. The summed E-state index contributed by atoms with van der Waals surface area (Å²) in [6.07, 6.45) is 2.57. The van der Waals surface area contributed by atoms with E-state index in [2.05, 4.69) is 45.0 Å². The second-order valence-corrected chi connectivity index (χ2v) is 8.35. The van der Waals surface area contributed by atoms with Crippen molar-refractivity contribution in [1.82, 2.24) is 10.3 Å². The van der Waals surface area contributed by atoms with Gasteiger partial charge >= 0.3 is 0 Å². The van der Waals surface area contributed by atoms with Gasteiger partial charge in [-0.3, -0.25) is 0 Å². The molecule has 21 heavy (non-hydrogen) atoms. The van der Waals surface area contributed by atoms with Crippen LogP contribution in [0.1, 0.15) is 50.7 Å². The van der Waals surface area contributed by atoms with Crippen LogP contribution in [0.4, 0.5) is 5.13 Å². The summed E-state index contributed by atoms with van der Waals surface area (Å²) in [6, 6.07) is 0.860. The fourth-order valence-corrected chi connectivity index (χ4v) is 4.75. The van der Waals surface area contributed by atoms with Crippen molar-refractivity contribution in [3.63, 3.8) is 0 Å². The minimum Gasteiger partial charge on any atom is -0.375 e. The van der Waals surface area contributed by atoms with E-state index in [0.717, 1.165) is 19.6 Å². The Hall–Kier alpha value is -0.650. The van der Waals surface area contributed by atoms with Crippen LogP contribution in [0.25, 0.3) is 0 Å². The highest BCUT2D eigenvalue weighted by molar-refractivity contribution is 7.15. The Balaban J connectivity index is 1.91. The zero-order valence-corrected chi connectivity index (χ0v) is 14.6. The third-order valence-electron chi connectivity index (χ3n) is 4.64. The van der Waals surface area contributed by atoms with Crippen molar-refractivity contribution in [2.45, 2.75) is 58.7 Å². The number of anilines is 1. The van der Waals surface area contributed by atoms with E-state index in [1.807, 2.05) is 11.3 Å². The van der Waals surface area contributed by atoms with Crippen LogP contribution in [0, 0.1) is 5.41 Å². The number of nitrogens with zero attached hydrogens (tertiary/aromatic N) is 2. The van der Waals surface area contributed by atoms with Gasteiger partial charge in [-0.2, -0.15) is 0 Å². The van der Waals surface area contributed by atoms with Crippen molar-refractivity contribution >= 4 is 16.5 Å². The zero-order chi connectivity index (χ0) is 15.2. The van der Waals surface area contributed by atoms with E-state index in [-0.39, 0.29) is 0 Å². The van der Waals surface area contributed by atoms with Crippen molar-refractivity contribution in [2.24, 2.45) is 5.41 Å². The predicted molar refractivity (Wildman–Crippen MR) is 88.2 cm³/mol. The summed E-state index contributed by atoms with van der Waals surface area (Å²) in [5.74, 6) is 0. The molecule has 1 fully saturated rings. The molecule has 1 aliphatic heterocycles. The fraction of sp³-hybridized carbons (Fsp3) is 0.812. The number of hydrogen-bond donors (Lipinski definition) is 1. The molecule has 1 aromatic heterocycles. The molecule has 0 saturated carbocycles. The first kappa shape index (κ1) is 15.3. The summed E-state index contributed by atoms with van der Waals surface area (Å²) in [6.45, 7) is 10.8. The largest absolute Gasteiger partial charge is 0.375 e. The Morgan fingerprint density at radius 3 is 2.86 bits per heavy atom. The molecule has 5 heteroatoms. The van der Waals surface area contributed by atoms with Gasteiger partial charge in [-0.25, -0.2) is 4.98 Å². The molecule has 2 heterocycles. The van der Waals surface area contributed by atoms with Gasteiger partial charge in [0.05, 0.1) is 24.4 Å². The smallest absolute Gasteiger partial charge is 0.186 e. The highest BCUT2D eigenvalue weighted by atomic mass is 32.1. The quantitative estimate of drug-likeness (QED) is 0.911. The molecule has 2 aliphatic rings. The number of ether oxygens (including phenoxy) is 1. The first-order valence-corrected chi connectivity index (χ1v) is 8.76. The molecule has 0 bridgehead atoms. The molecule has 3 unspecified atom stereocenters. The number of thiazole rings is 1. The lowest BCUT2D eigenvalue weighted by Gasteiger charge is -2.36. The lowest BCUT2D eigenvalue weighted by Crippen LogP contribution is -2.47. The van der Waals surface area contributed by atoms with E-state index in [1.165, 1.54) is 22.1 Å². The third kappa shape index (κ3) is 2.96. The molecule has 0 radical (unpaired) electrons. The normalized spacial score (nSPS) is 32.0. The molecule has 118 valence electrons. The second kappa shape index (κ2) is 5.52. The number of morpholine rings is 1. The number of rotatable bonds is 2. The van der Waals surface area contributed by atoms with E-state index < -0.39 is 0 Å². The van der Waals surface area contributed by atoms with Crippen LogP contribution < -0.4 is 10.2 Å². The van der Waals surface area contributed by atoms with Crippen LogP contribution in [-0.2, 0) is 11.2 Å². The van der Waals surface area contributed by atoms with Gasteiger partial charge < -0.3 is 15.0 Å². The topological polar surface area (TPSA) is 37.4 Å². The minimum absolute atomic E-state index is 0.290. The molecule has 1 aliphatic carbocycles. The Kier molecular flexibility index (Phi) is 4.01. The molecule has 0 aromatic carbocycles. The summed E-state index contributed by atoms with van der Waals surface area (Å²) < 4.78 is 5.74. The van der Waals surface area contributed by atoms with Gasteiger partial charge in [0, 0.05) is 17.5 Å². The molecule has 3 atom stereocenters. The molecule has 1 aromatic rings. The van der Waals surface area contributed by atoms with E-state index in [0.29, 0.717) is 23.6 Å². The van der Waals surface area contributed by atoms with E-state index in [1.54, 1.807) is 0 Å². The van der Waals surface area contributed by atoms with Crippen molar-refractivity contribution in [1.29, 1.82) is 0 Å². The Labute approximate surface area is 131 Å². The molecule has 0 amide bonds. The zero-order valence-electron chi connectivity index (χ0n) is 13.8. The summed E-state index contributed by atoms with van der Waals surface area (Å²) in [5.41, 5.74) is 1.63. The van der Waals surface area contributed by atoms with Gasteiger partial charge in [-0.1, -0.05) is 25.2 Å². The summed E-state index contributed by atoms with van der Waals surface area (Å²) in [5, 5.41) is 4.66. The lowest BCUT2D eigenvalue weighted by atomic mass is 9.76. The average molecular weight is 309 g/mol. The first-order valence-electron chi connectivity index (χ1n) is 7.95. The van der Waals surface area contributed by atoms with Gasteiger partial charge in [-0.05, 0) is 39.2 Å². The van der Waals surface area contributed by atoms with Crippen molar-refractivity contribution in [3.05, 3.63) is 10.6 Å². The van der Waals surface area contributed by atoms with Crippen molar-refractivity contribution in [3.8, 4) is 0 Å². The monoisotopic (exact) mass is 309 g/mol. The maximum atomic E-state index is 5.74. The maximum Gasteiger partial charge on any atom is 0.186 e. The van der Waals surface area contributed by atoms with Crippen LogP contribution in [0.15, 0.2) is 0 Å². The van der Waals surface area contributed by atoms with Crippen molar-refractivity contribution < 1.29 is 4.74 Å². The Morgan fingerprint density at radius 1 is 1.38 bits per heavy atom. The van der Waals surface area contributed by atoms with Crippen LogP contribution in [0.5, 0.6) is 0 Å². The van der Waals surface area contributed by atoms with E-state index >= 15 is 0 Å². The first-order chi connectivity index (χ1) is 9.89. The molecule has 1 N–H and O–H groups in total. The molecule has 4 nitrogen and oxygen atoms in total. The average Bonchev–Trinajstić information content (AvgIpc) is 2.82. The minimum atomic E-state index is 0.290.